The van der Waals surface area contributed by atoms with Crippen LogP contribution in [0.2, 0.25) is 0 Å². The SMILES string of the molecule is CCCNC1CCN(c2cc(OC)c(OC)c(OC)c2)C1. The molecule has 1 aliphatic heterocycles. The van der Waals surface area contributed by atoms with Crippen molar-refractivity contribution >= 4 is 5.69 Å². The lowest BCUT2D eigenvalue weighted by atomic mass is 10.2. The minimum absolute atomic E-state index is 0.559. The maximum absolute atomic E-state index is 5.42. The lowest BCUT2D eigenvalue weighted by Crippen LogP contribution is -2.32. The van der Waals surface area contributed by atoms with Crippen LogP contribution in [0.4, 0.5) is 5.69 Å². The van der Waals surface area contributed by atoms with Crippen LogP contribution in [0, 0.1) is 0 Å². The van der Waals surface area contributed by atoms with Crippen molar-refractivity contribution in [3.8, 4) is 17.2 Å². The molecule has 1 aromatic carbocycles. The summed E-state index contributed by atoms with van der Waals surface area (Å²) in [5.74, 6) is 2.05. The third-order valence-corrected chi connectivity index (χ3v) is 3.89. The molecular formula is C16H26N2O3. The van der Waals surface area contributed by atoms with Gasteiger partial charge in [-0.2, -0.15) is 0 Å². The van der Waals surface area contributed by atoms with Gasteiger partial charge in [-0.15, -0.1) is 0 Å². The van der Waals surface area contributed by atoms with Crippen molar-refractivity contribution in [2.45, 2.75) is 25.8 Å². The van der Waals surface area contributed by atoms with Gasteiger partial charge in [0.1, 0.15) is 0 Å². The third kappa shape index (κ3) is 3.53. The molecule has 0 bridgehead atoms. The van der Waals surface area contributed by atoms with E-state index in [9.17, 15) is 0 Å². The van der Waals surface area contributed by atoms with Crippen molar-refractivity contribution in [1.29, 1.82) is 0 Å². The first-order valence-electron chi connectivity index (χ1n) is 7.51. The lowest BCUT2D eigenvalue weighted by Gasteiger charge is -2.22. The summed E-state index contributed by atoms with van der Waals surface area (Å²) in [5, 5.41) is 3.58. The monoisotopic (exact) mass is 294 g/mol. The predicted molar refractivity (Wildman–Crippen MR) is 85.0 cm³/mol. The molecular weight excluding hydrogens is 268 g/mol. The van der Waals surface area contributed by atoms with Gasteiger partial charge in [-0.3, -0.25) is 0 Å². The molecule has 1 heterocycles. The Balaban J connectivity index is 2.17. The molecule has 1 unspecified atom stereocenters. The van der Waals surface area contributed by atoms with E-state index in [1.807, 2.05) is 12.1 Å². The summed E-state index contributed by atoms with van der Waals surface area (Å²) in [6, 6.07) is 4.59. The Labute approximate surface area is 127 Å². The molecule has 1 saturated heterocycles. The Morgan fingerprint density at radius 3 is 2.33 bits per heavy atom. The van der Waals surface area contributed by atoms with Crippen molar-refractivity contribution in [2.75, 3.05) is 45.9 Å². The fraction of sp³-hybridized carbons (Fsp3) is 0.625. The highest BCUT2D eigenvalue weighted by atomic mass is 16.5. The van der Waals surface area contributed by atoms with E-state index in [4.69, 9.17) is 14.2 Å². The van der Waals surface area contributed by atoms with Crippen LogP contribution in [0.3, 0.4) is 0 Å². The average molecular weight is 294 g/mol. The van der Waals surface area contributed by atoms with Gasteiger partial charge < -0.3 is 24.4 Å². The summed E-state index contributed by atoms with van der Waals surface area (Å²) in [5.41, 5.74) is 1.12. The third-order valence-electron chi connectivity index (χ3n) is 3.89. The fourth-order valence-corrected chi connectivity index (χ4v) is 2.76. The average Bonchev–Trinajstić information content (AvgIpc) is 3.00. The number of hydrogen-bond donors (Lipinski definition) is 1. The summed E-state index contributed by atoms with van der Waals surface area (Å²) in [6.45, 7) is 5.32. The van der Waals surface area contributed by atoms with Gasteiger partial charge >= 0.3 is 0 Å². The largest absolute Gasteiger partial charge is 0.493 e. The molecule has 1 aromatic rings. The Morgan fingerprint density at radius 1 is 1.14 bits per heavy atom. The van der Waals surface area contributed by atoms with Gasteiger partial charge in [0.05, 0.1) is 21.3 Å². The minimum atomic E-state index is 0.559. The topological polar surface area (TPSA) is 43.0 Å². The predicted octanol–water partition coefficient (Wildman–Crippen LogP) is 2.29. The normalized spacial score (nSPS) is 17.9. The zero-order valence-electron chi connectivity index (χ0n) is 13.4. The number of anilines is 1. The molecule has 118 valence electrons. The van der Waals surface area contributed by atoms with E-state index in [1.54, 1.807) is 21.3 Å². The highest BCUT2D eigenvalue weighted by Gasteiger charge is 2.24. The van der Waals surface area contributed by atoms with Gasteiger partial charge in [0.15, 0.2) is 11.5 Å². The highest BCUT2D eigenvalue weighted by Crippen LogP contribution is 2.41. The summed E-state index contributed by atoms with van der Waals surface area (Å²) in [7, 11) is 4.92. The van der Waals surface area contributed by atoms with Gasteiger partial charge in [0.25, 0.3) is 0 Å². The van der Waals surface area contributed by atoms with Gasteiger partial charge in [-0.1, -0.05) is 6.92 Å². The van der Waals surface area contributed by atoms with Crippen LogP contribution >= 0.6 is 0 Å². The van der Waals surface area contributed by atoms with Crippen LogP contribution in [0.25, 0.3) is 0 Å². The zero-order valence-corrected chi connectivity index (χ0v) is 13.4. The second-order valence-electron chi connectivity index (χ2n) is 5.27. The number of hydrogen-bond acceptors (Lipinski definition) is 5. The van der Waals surface area contributed by atoms with E-state index < -0.39 is 0 Å². The zero-order chi connectivity index (χ0) is 15.2. The van der Waals surface area contributed by atoms with Crippen molar-refractivity contribution in [2.24, 2.45) is 0 Å². The van der Waals surface area contributed by atoms with Gasteiger partial charge in [-0.05, 0) is 19.4 Å². The number of benzene rings is 1. The number of nitrogens with zero attached hydrogens (tertiary/aromatic N) is 1. The Hall–Kier alpha value is -1.62. The van der Waals surface area contributed by atoms with Crippen molar-refractivity contribution in [3.63, 3.8) is 0 Å². The molecule has 0 aliphatic carbocycles. The molecule has 0 radical (unpaired) electrons. The highest BCUT2D eigenvalue weighted by molar-refractivity contribution is 5.64. The molecule has 0 saturated carbocycles. The fourth-order valence-electron chi connectivity index (χ4n) is 2.76. The van der Waals surface area contributed by atoms with Crippen LogP contribution in [0.15, 0.2) is 12.1 Å². The summed E-state index contributed by atoms with van der Waals surface area (Å²) < 4.78 is 16.2. The molecule has 1 aliphatic rings. The molecule has 0 spiro atoms. The van der Waals surface area contributed by atoms with Crippen LogP contribution in [0.5, 0.6) is 17.2 Å². The van der Waals surface area contributed by atoms with Crippen LogP contribution in [-0.2, 0) is 0 Å². The van der Waals surface area contributed by atoms with Gasteiger partial charge in [0.2, 0.25) is 5.75 Å². The molecule has 5 nitrogen and oxygen atoms in total. The Bertz CT molecular complexity index is 440. The summed E-state index contributed by atoms with van der Waals surface area (Å²) in [6.07, 6.45) is 2.33. The maximum atomic E-state index is 5.42. The molecule has 1 atom stereocenters. The van der Waals surface area contributed by atoms with Crippen molar-refractivity contribution < 1.29 is 14.2 Å². The standard InChI is InChI=1S/C16H26N2O3/c1-5-7-17-12-6-8-18(11-12)13-9-14(19-2)16(21-4)15(10-13)20-3/h9-10,12,17H,5-8,11H2,1-4H3. The first-order chi connectivity index (χ1) is 10.2. The number of nitrogens with one attached hydrogen (secondary N) is 1. The first kappa shape index (κ1) is 15.8. The van der Waals surface area contributed by atoms with Crippen molar-refractivity contribution in [3.05, 3.63) is 12.1 Å². The van der Waals surface area contributed by atoms with E-state index in [0.29, 0.717) is 23.3 Å². The maximum Gasteiger partial charge on any atom is 0.203 e. The van der Waals surface area contributed by atoms with Crippen molar-refractivity contribution in [1.82, 2.24) is 5.32 Å². The molecule has 2 rings (SSSR count). The number of methoxy groups -OCH3 is 3. The second kappa shape index (κ2) is 7.41. The molecule has 0 amide bonds. The van der Waals surface area contributed by atoms with Crippen LogP contribution in [0.1, 0.15) is 19.8 Å². The molecule has 5 heteroatoms. The first-order valence-corrected chi connectivity index (χ1v) is 7.51. The summed E-state index contributed by atoms with van der Waals surface area (Å²) >= 11 is 0. The van der Waals surface area contributed by atoms with E-state index in [0.717, 1.165) is 31.7 Å². The van der Waals surface area contributed by atoms with E-state index in [1.165, 1.54) is 6.42 Å². The number of rotatable bonds is 7. The van der Waals surface area contributed by atoms with E-state index in [-0.39, 0.29) is 0 Å². The van der Waals surface area contributed by atoms with Gasteiger partial charge in [0, 0.05) is 37.0 Å². The summed E-state index contributed by atoms with van der Waals surface area (Å²) in [4.78, 5) is 2.36. The quantitative estimate of drug-likeness (QED) is 0.836. The molecule has 1 fully saturated rings. The number of ether oxygens (including phenoxy) is 3. The smallest absolute Gasteiger partial charge is 0.203 e. The van der Waals surface area contributed by atoms with Crippen LogP contribution in [-0.4, -0.2) is 47.0 Å². The molecule has 1 N–H and O–H groups in total. The van der Waals surface area contributed by atoms with Crippen LogP contribution < -0.4 is 24.4 Å². The molecule has 21 heavy (non-hydrogen) atoms. The lowest BCUT2D eigenvalue weighted by molar-refractivity contribution is 0.324. The Morgan fingerprint density at radius 2 is 1.81 bits per heavy atom. The van der Waals surface area contributed by atoms with E-state index >= 15 is 0 Å². The Kier molecular flexibility index (Phi) is 5.56. The van der Waals surface area contributed by atoms with E-state index in [2.05, 4.69) is 17.1 Å². The second-order valence-corrected chi connectivity index (χ2v) is 5.27. The molecule has 0 aromatic heterocycles. The minimum Gasteiger partial charge on any atom is -0.493 e. The van der Waals surface area contributed by atoms with Gasteiger partial charge in [-0.25, -0.2) is 0 Å².